The second-order valence-corrected chi connectivity index (χ2v) is 3.88. The van der Waals surface area contributed by atoms with E-state index in [-0.39, 0.29) is 21.7 Å². The summed E-state index contributed by atoms with van der Waals surface area (Å²) >= 11 is 5.69. The number of hydrogen-bond acceptors (Lipinski definition) is 4. The van der Waals surface area contributed by atoms with Crippen LogP contribution in [0.2, 0.25) is 5.02 Å². The van der Waals surface area contributed by atoms with E-state index in [0.29, 0.717) is 0 Å². The summed E-state index contributed by atoms with van der Waals surface area (Å²) in [6.07, 6.45) is 0.831. The van der Waals surface area contributed by atoms with Gasteiger partial charge in [-0.3, -0.25) is 4.79 Å². The fraction of sp³-hybridized carbons (Fsp3) is 0.0833. The number of nitrogens with two attached hydrogens (primary N) is 1. The molecule has 0 saturated heterocycles. The van der Waals surface area contributed by atoms with Gasteiger partial charge in [-0.15, -0.1) is 0 Å². The van der Waals surface area contributed by atoms with Gasteiger partial charge in [0, 0.05) is 16.7 Å². The first-order valence-electron chi connectivity index (χ1n) is 4.99. The van der Waals surface area contributed by atoms with E-state index in [4.69, 9.17) is 22.4 Å². The first-order valence-corrected chi connectivity index (χ1v) is 5.37. The number of carboxylic acid groups (broad SMARTS) is 1. The number of hydrogen-bond donors (Lipinski definition) is 2. The van der Waals surface area contributed by atoms with Crippen LogP contribution in [-0.4, -0.2) is 30.1 Å². The molecular weight excluding hydrogens is 274 g/mol. The van der Waals surface area contributed by atoms with Crippen molar-refractivity contribution in [2.45, 2.75) is 0 Å². The molecule has 19 heavy (non-hydrogen) atoms. The smallest absolute Gasteiger partial charge is 0.336 e. The quantitative estimate of drug-likeness (QED) is 0.635. The molecule has 1 rings (SSSR count). The van der Waals surface area contributed by atoms with Gasteiger partial charge in [0.05, 0.1) is 18.2 Å². The molecule has 0 bridgehead atoms. The zero-order chi connectivity index (χ0) is 14.6. The summed E-state index contributed by atoms with van der Waals surface area (Å²) in [5.41, 5.74) is 4.64. The highest BCUT2D eigenvalue weighted by atomic mass is 35.5. The molecule has 0 aliphatic carbocycles. The maximum Gasteiger partial charge on any atom is 0.336 e. The third-order valence-electron chi connectivity index (χ3n) is 2.23. The highest BCUT2D eigenvalue weighted by molar-refractivity contribution is 6.31. The van der Waals surface area contributed by atoms with Crippen LogP contribution in [0.4, 0.5) is 0 Å². The molecule has 0 aromatic heterocycles. The van der Waals surface area contributed by atoms with Gasteiger partial charge in [-0.25, -0.2) is 9.59 Å². The predicted molar refractivity (Wildman–Crippen MR) is 67.6 cm³/mol. The van der Waals surface area contributed by atoms with E-state index >= 15 is 0 Å². The van der Waals surface area contributed by atoms with Gasteiger partial charge >= 0.3 is 11.9 Å². The van der Waals surface area contributed by atoms with Crippen molar-refractivity contribution in [2.24, 2.45) is 5.73 Å². The van der Waals surface area contributed by atoms with E-state index < -0.39 is 17.8 Å². The van der Waals surface area contributed by atoms with Crippen LogP contribution in [0.3, 0.4) is 0 Å². The molecule has 3 N–H and O–H groups in total. The van der Waals surface area contributed by atoms with E-state index in [1.165, 1.54) is 12.1 Å². The lowest BCUT2D eigenvalue weighted by Crippen LogP contribution is -2.17. The number of ether oxygens (including phenoxy) is 1. The average molecular weight is 284 g/mol. The topological polar surface area (TPSA) is 107 Å². The number of aromatic carboxylic acids is 1. The molecule has 0 heterocycles. The Kier molecular flexibility index (Phi) is 4.66. The van der Waals surface area contributed by atoms with Gasteiger partial charge in [0.15, 0.2) is 0 Å². The number of esters is 1. The predicted octanol–water partition coefficient (Wildman–Crippen LogP) is 1.08. The second-order valence-electron chi connectivity index (χ2n) is 3.44. The van der Waals surface area contributed by atoms with Crippen LogP contribution in [0.25, 0.3) is 5.57 Å². The summed E-state index contributed by atoms with van der Waals surface area (Å²) in [4.78, 5) is 33.6. The van der Waals surface area contributed by atoms with E-state index in [1.54, 1.807) is 0 Å². The Bertz CT molecular complexity index is 579. The minimum atomic E-state index is -1.30. The molecule has 1 aromatic carbocycles. The number of rotatable bonds is 4. The van der Waals surface area contributed by atoms with Gasteiger partial charge in [0.1, 0.15) is 0 Å². The molecule has 0 aliphatic rings. The summed E-state index contributed by atoms with van der Waals surface area (Å²) in [6.45, 7) is 0. The molecule has 0 spiro atoms. The molecule has 1 aromatic rings. The lowest BCUT2D eigenvalue weighted by atomic mass is 9.99. The van der Waals surface area contributed by atoms with Crippen molar-refractivity contribution in [3.8, 4) is 0 Å². The SMILES string of the molecule is COC(=O)C=C(C(N)=O)c1ccc(Cl)cc1C(=O)O. The average Bonchev–Trinajstić information content (AvgIpc) is 2.35. The van der Waals surface area contributed by atoms with Crippen molar-refractivity contribution in [3.63, 3.8) is 0 Å². The van der Waals surface area contributed by atoms with Gasteiger partial charge in [-0.2, -0.15) is 0 Å². The molecule has 0 unspecified atom stereocenters. The Morgan fingerprint density at radius 3 is 2.42 bits per heavy atom. The number of halogens is 1. The van der Waals surface area contributed by atoms with E-state index in [2.05, 4.69) is 4.74 Å². The number of carbonyl (C=O) groups excluding carboxylic acids is 2. The standard InChI is InChI=1S/C12H10ClNO5/c1-19-10(15)5-8(11(14)16)7-3-2-6(13)4-9(7)12(17)18/h2-5H,1H3,(H2,14,16)(H,17,18). The lowest BCUT2D eigenvalue weighted by Gasteiger charge is -2.08. The lowest BCUT2D eigenvalue weighted by molar-refractivity contribution is -0.135. The molecule has 0 aliphatic heterocycles. The molecule has 0 fully saturated rings. The van der Waals surface area contributed by atoms with Gasteiger partial charge in [0.2, 0.25) is 5.91 Å². The fourth-order valence-corrected chi connectivity index (χ4v) is 1.56. The van der Waals surface area contributed by atoms with Crippen molar-refractivity contribution in [2.75, 3.05) is 7.11 Å². The maximum absolute atomic E-state index is 11.3. The number of carboxylic acids is 1. The van der Waals surface area contributed by atoms with E-state index in [9.17, 15) is 14.4 Å². The summed E-state index contributed by atoms with van der Waals surface area (Å²) in [5.74, 6) is -3.06. The van der Waals surface area contributed by atoms with Crippen LogP contribution >= 0.6 is 11.6 Å². The first-order chi connectivity index (χ1) is 8.86. The van der Waals surface area contributed by atoms with Crippen molar-refractivity contribution in [1.82, 2.24) is 0 Å². The summed E-state index contributed by atoms with van der Waals surface area (Å²) in [5, 5.41) is 9.24. The largest absolute Gasteiger partial charge is 0.478 e. The van der Waals surface area contributed by atoms with Crippen molar-refractivity contribution < 1.29 is 24.2 Å². The van der Waals surface area contributed by atoms with Crippen molar-refractivity contribution in [3.05, 3.63) is 40.4 Å². The normalized spacial score (nSPS) is 10.9. The van der Waals surface area contributed by atoms with Crippen LogP contribution in [0.15, 0.2) is 24.3 Å². The molecule has 7 heteroatoms. The summed E-state index contributed by atoms with van der Waals surface area (Å²) in [7, 11) is 1.12. The number of amides is 1. The van der Waals surface area contributed by atoms with Crippen LogP contribution in [0.1, 0.15) is 15.9 Å². The van der Waals surface area contributed by atoms with Gasteiger partial charge in [-0.05, 0) is 12.1 Å². The molecule has 6 nitrogen and oxygen atoms in total. The molecule has 0 saturated carbocycles. The highest BCUT2D eigenvalue weighted by Crippen LogP contribution is 2.23. The van der Waals surface area contributed by atoms with Crippen molar-refractivity contribution >= 4 is 35.0 Å². The number of primary amides is 1. The third kappa shape index (κ3) is 3.56. The third-order valence-corrected chi connectivity index (χ3v) is 2.47. The van der Waals surface area contributed by atoms with Crippen LogP contribution in [0.5, 0.6) is 0 Å². The van der Waals surface area contributed by atoms with Gasteiger partial charge < -0.3 is 15.6 Å². The molecule has 100 valence electrons. The number of benzene rings is 1. The van der Waals surface area contributed by atoms with Gasteiger partial charge in [-0.1, -0.05) is 17.7 Å². The second kappa shape index (κ2) is 6.01. The Labute approximate surface area is 113 Å². The Morgan fingerprint density at radius 1 is 1.32 bits per heavy atom. The van der Waals surface area contributed by atoms with Crippen molar-refractivity contribution in [1.29, 1.82) is 0 Å². The minimum absolute atomic E-state index is 0.00481. The first kappa shape index (κ1) is 14.7. The zero-order valence-corrected chi connectivity index (χ0v) is 10.6. The Balaban J connectivity index is 3.48. The fourth-order valence-electron chi connectivity index (χ4n) is 1.39. The highest BCUT2D eigenvalue weighted by Gasteiger charge is 2.19. The van der Waals surface area contributed by atoms with Crippen LogP contribution < -0.4 is 5.73 Å². The van der Waals surface area contributed by atoms with Crippen LogP contribution in [0, 0.1) is 0 Å². The number of methoxy groups -OCH3 is 1. The molecule has 1 amide bonds. The minimum Gasteiger partial charge on any atom is -0.478 e. The summed E-state index contributed by atoms with van der Waals surface area (Å²) in [6, 6.07) is 3.84. The van der Waals surface area contributed by atoms with Gasteiger partial charge in [0.25, 0.3) is 0 Å². The maximum atomic E-state index is 11.3. The zero-order valence-electron chi connectivity index (χ0n) is 9.84. The number of carbonyl (C=O) groups is 3. The monoisotopic (exact) mass is 283 g/mol. The van der Waals surface area contributed by atoms with Crippen LogP contribution in [-0.2, 0) is 14.3 Å². The summed E-state index contributed by atoms with van der Waals surface area (Å²) < 4.78 is 4.38. The Morgan fingerprint density at radius 2 is 1.95 bits per heavy atom. The Hall–Kier alpha value is -2.34. The molecule has 0 atom stereocenters. The molecule has 0 radical (unpaired) electrons. The van der Waals surface area contributed by atoms with E-state index in [1.807, 2.05) is 0 Å². The van der Waals surface area contributed by atoms with E-state index in [0.717, 1.165) is 19.3 Å². The molecular formula is C12H10ClNO5.